The highest BCUT2D eigenvalue weighted by molar-refractivity contribution is 9.10. The fraction of sp³-hybridized carbons (Fsp3) is 0.0417. The van der Waals surface area contributed by atoms with Gasteiger partial charge in [0.1, 0.15) is 5.75 Å². The van der Waals surface area contributed by atoms with Crippen LogP contribution in [0.1, 0.15) is 0 Å². The van der Waals surface area contributed by atoms with Crippen LogP contribution >= 0.6 is 31.9 Å². The second kappa shape index (κ2) is 8.29. The van der Waals surface area contributed by atoms with E-state index in [-0.39, 0.29) is 0 Å². The van der Waals surface area contributed by atoms with Crippen LogP contribution in [-0.2, 0) is 0 Å². The summed E-state index contributed by atoms with van der Waals surface area (Å²) in [5.41, 5.74) is 6.29. The van der Waals surface area contributed by atoms with Crippen molar-refractivity contribution in [2.75, 3.05) is 7.11 Å². The van der Waals surface area contributed by atoms with E-state index in [0.29, 0.717) is 0 Å². The maximum atomic E-state index is 5.29. The maximum Gasteiger partial charge on any atom is 0.118 e. The Hall–Kier alpha value is -2.43. The molecule has 4 aromatic rings. The molecule has 0 spiro atoms. The molecule has 0 aliphatic rings. The van der Waals surface area contributed by atoms with Gasteiger partial charge < -0.3 is 4.74 Å². The number of benzene rings is 3. The molecule has 2 nitrogen and oxygen atoms in total. The number of methoxy groups -OCH3 is 1. The summed E-state index contributed by atoms with van der Waals surface area (Å²) >= 11 is 7.01. The van der Waals surface area contributed by atoms with Crippen molar-refractivity contribution in [3.8, 4) is 39.4 Å². The highest BCUT2D eigenvalue weighted by atomic mass is 79.9. The summed E-state index contributed by atoms with van der Waals surface area (Å²) in [7, 11) is 1.68. The summed E-state index contributed by atoms with van der Waals surface area (Å²) in [5.74, 6) is 0.846. The second-order valence-corrected chi connectivity index (χ2v) is 8.20. The predicted octanol–water partition coefficient (Wildman–Crippen LogP) is 7.62. The van der Waals surface area contributed by atoms with Crippen molar-refractivity contribution >= 4 is 31.9 Å². The average molecular weight is 495 g/mol. The zero-order valence-electron chi connectivity index (χ0n) is 15.2. The molecule has 0 bridgehead atoms. The minimum absolute atomic E-state index is 0.846. The Morgan fingerprint density at radius 3 is 1.43 bits per heavy atom. The minimum atomic E-state index is 0.846. The van der Waals surface area contributed by atoms with E-state index in [4.69, 9.17) is 9.72 Å². The van der Waals surface area contributed by atoms with E-state index in [1.54, 1.807) is 7.11 Å². The van der Waals surface area contributed by atoms with Crippen LogP contribution in [0, 0.1) is 0 Å². The number of ether oxygens (including phenoxy) is 1. The lowest BCUT2D eigenvalue weighted by Crippen LogP contribution is -1.91. The van der Waals surface area contributed by atoms with Crippen molar-refractivity contribution in [2.45, 2.75) is 0 Å². The van der Waals surface area contributed by atoms with Crippen LogP contribution in [0.15, 0.2) is 93.9 Å². The molecule has 0 aliphatic heterocycles. The molecule has 0 amide bonds. The molecule has 0 radical (unpaired) electrons. The third-order valence-corrected chi connectivity index (χ3v) is 5.59. The molecule has 0 N–H and O–H groups in total. The third kappa shape index (κ3) is 4.18. The molecule has 138 valence electrons. The molecule has 0 saturated heterocycles. The van der Waals surface area contributed by atoms with Gasteiger partial charge >= 0.3 is 0 Å². The lowest BCUT2D eigenvalue weighted by molar-refractivity contribution is 0.415. The van der Waals surface area contributed by atoms with Gasteiger partial charge in [-0.05, 0) is 59.7 Å². The van der Waals surface area contributed by atoms with Crippen LogP contribution in [0.5, 0.6) is 5.75 Å². The van der Waals surface area contributed by atoms with Crippen molar-refractivity contribution < 1.29 is 4.74 Å². The van der Waals surface area contributed by atoms with Crippen LogP contribution in [0.25, 0.3) is 33.6 Å². The highest BCUT2D eigenvalue weighted by Gasteiger charge is 2.09. The number of hydrogen-bond acceptors (Lipinski definition) is 2. The monoisotopic (exact) mass is 493 g/mol. The van der Waals surface area contributed by atoms with E-state index in [2.05, 4.69) is 80.4 Å². The molecule has 4 rings (SSSR count). The summed E-state index contributed by atoms with van der Waals surface area (Å²) in [6.45, 7) is 0. The summed E-state index contributed by atoms with van der Waals surface area (Å²) < 4.78 is 7.40. The quantitative estimate of drug-likeness (QED) is 0.291. The van der Waals surface area contributed by atoms with Crippen LogP contribution in [0.2, 0.25) is 0 Å². The number of halogens is 2. The lowest BCUT2D eigenvalue weighted by atomic mass is 10.00. The van der Waals surface area contributed by atoms with E-state index in [0.717, 1.165) is 48.3 Å². The van der Waals surface area contributed by atoms with Crippen molar-refractivity contribution in [3.05, 3.63) is 93.9 Å². The Kier molecular flexibility index (Phi) is 5.60. The SMILES string of the molecule is COc1ccc(-c2cc(-c3ccc(Br)cc3)nc(-c3ccc(Br)cc3)c2)cc1. The van der Waals surface area contributed by atoms with Gasteiger partial charge in [0.2, 0.25) is 0 Å². The van der Waals surface area contributed by atoms with Crippen LogP contribution in [0.4, 0.5) is 0 Å². The summed E-state index contributed by atoms with van der Waals surface area (Å²) in [6, 6.07) is 28.8. The fourth-order valence-corrected chi connectivity index (χ4v) is 3.55. The standard InChI is InChI=1S/C24H17Br2NO/c1-28-22-12-6-16(7-13-22)19-14-23(17-2-8-20(25)9-3-17)27-24(15-19)18-4-10-21(26)11-5-18/h2-15H,1H3. The van der Waals surface area contributed by atoms with E-state index in [9.17, 15) is 0 Å². The fourth-order valence-electron chi connectivity index (χ4n) is 3.02. The van der Waals surface area contributed by atoms with Crippen molar-refractivity contribution in [2.24, 2.45) is 0 Å². The first-order valence-electron chi connectivity index (χ1n) is 8.81. The van der Waals surface area contributed by atoms with Gasteiger partial charge in [0.25, 0.3) is 0 Å². The molecule has 28 heavy (non-hydrogen) atoms. The first-order chi connectivity index (χ1) is 13.6. The van der Waals surface area contributed by atoms with Gasteiger partial charge in [0.05, 0.1) is 18.5 Å². The topological polar surface area (TPSA) is 22.1 Å². The average Bonchev–Trinajstić information content (AvgIpc) is 2.74. The van der Waals surface area contributed by atoms with Gasteiger partial charge in [0.15, 0.2) is 0 Å². The summed E-state index contributed by atoms with van der Waals surface area (Å²) in [6.07, 6.45) is 0. The van der Waals surface area contributed by atoms with Crippen LogP contribution in [0.3, 0.4) is 0 Å². The molecule has 0 fully saturated rings. The summed E-state index contributed by atoms with van der Waals surface area (Å²) in [5, 5.41) is 0. The molecular formula is C24H17Br2NO. The first-order valence-corrected chi connectivity index (χ1v) is 10.4. The lowest BCUT2D eigenvalue weighted by Gasteiger charge is -2.11. The van der Waals surface area contributed by atoms with Gasteiger partial charge in [-0.2, -0.15) is 0 Å². The van der Waals surface area contributed by atoms with Gasteiger partial charge in [-0.25, -0.2) is 4.98 Å². The molecule has 1 aromatic heterocycles. The number of aromatic nitrogens is 1. The Morgan fingerprint density at radius 2 is 1.00 bits per heavy atom. The second-order valence-electron chi connectivity index (χ2n) is 6.37. The van der Waals surface area contributed by atoms with E-state index < -0.39 is 0 Å². The Bertz CT molecular complexity index is 1030. The zero-order chi connectivity index (χ0) is 19.5. The van der Waals surface area contributed by atoms with Crippen molar-refractivity contribution in [3.63, 3.8) is 0 Å². The van der Waals surface area contributed by atoms with Crippen LogP contribution < -0.4 is 4.74 Å². The van der Waals surface area contributed by atoms with Gasteiger partial charge in [-0.3, -0.25) is 0 Å². The first kappa shape index (κ1) is 18.9. The third-order valence-electron chi connectivity index (χ3n) is 4.53. The van der Waals surface area contributed by atoms with E-state index >= 15 is 0 Å². The molecule has 0 aliphatic carbocycles. The van der Waals surface area contributed by atoms with Gasteiger partial charge in [0, 0.05) is 20.1 Å². The number of pyridine rings is 1. The maximum absolute atomic E-state index is 5.29. The number of hydrogen-bond donors (Lipinski definition) is 0. The molecule has 0 saturated carbocycles. The number of nitrogens with zero attached hydrogens (tertiary/aromatic N) is 1. The Balaban J connectivity index is 1.86. The zero-order valence-corrected chi connectivity index (χ0v) is 18.4. The van der Waals surface area contributed by atoms with E-state index in [1.165, 1.54) is 0 Å². The molecule has 3 aromatic carbocycles. The number of rotatable bonds is 4. The van der Waals surface area contributed by atoms with Crippen LogP contribution in [-0.4, -0.2) is 12.1 Å². The Labute approximate surface area is 181 Å². The minimum Gasteiger partial charge on any atom is -0.497 e. The normalized spacial score (nSPS) is 10.7. The Morgan fingerprint density at radius 1 is 0.571 bits per heavy atom. The smallest absolute Gasteiger partial charge is 0.118 e. The molecule has 0 unspecified atom stereocenters. The van der Waals surface area contributed by atoms with Crippen molar-refractivity contribution in [1.29, 1.82) is 0 Å². The molecular weight excluding hydrogens is 478 g/mol. The predicted molar refractivity (Wildman–Crippen MR) is 122 cm³/mol. The van der Waals surface area contributed by atoms with Gasteiger partial charge in [-0.1, -0.05) is 68.3 Å². The molecule has 1 heterocycles. The van der Waals surface area contributed by atoms with Gasteiger partial charge in [-0.15, -0.1) is 0 Å². The summed E-state index contributed by atoms with van der Waals surface area (Å²) in [4.78, 5) is 4.94. The molecule has 0 atom stereocenters. The highest BCUT2D eigenvalue weighted by Crippen LogP contribution is 2.32. The largest absolute Gasteiger partial charge is 0.497 e. The molecule has 4 heteroatoms. The van der Waals surface area contributed by atoms with E-state index in [1.807, 2.05) is 36.4 Å². The van der Waals surface area contributed by atoms with Crippen molar-refractivity contribution in [1.82, 2.24) is 4.98 Å².